The number of piperidine rings is 1. The highest BCUT2D eigenvalue weighted by Gasteiger charge is 2.28. The van der Waals surface area contributed by atoms with Crippen molar-refractivity contribution in [1.82, 2.24) is 4.90 Å². The molecule has 1 fully saturated rings. The summed E-state index contributed by atoms with van der Waals surface area (Å²) >= 11 is 0. The maximum Gasteiger partial charge on any atom is 0.253 e. The van der Waals surface area contributed by atoms with Crippen LogP contribution in [0.5, 0.6) is 11.5 Å². The minimum Gasteiger partial charge on any atom is -0.454 e. The zero-order chi connectivity index (χ0) is 18.8. The van der Waals surface area contributed by atoms with E-state index < -0.39 is 5.82 Å². The van der Waals surface area contributed by atoms with Crippen molar-refractivity contribution < 1.29 is 23.5 Å². The van der Waals surface area contributed by atoms with E-state index in [0.717, 1.165) is 0 Å². The predicted octanol–water partition coefficient (Wildman–Crippen LogP) is 3.05. The summed E-state index contributed by atoms with van der Waals surface area (Å²) in [5, 5.41) is 2.74. The standard InChI is InChI=1S/C20H19FN2O4/c21-15-2-1-3-16(11-15)22-19(24)13-6-8-23(9-7-13)20(25)14-4-5-17-18(10-14)27-12-26-17/h1-5,10-11,13H,6-9,12H2,(H,22,24). The van der Waals surface area contributed by atoms with Gasteiger partial charge in [0.05, 0.1) is 0 Å². The van der Waals surface area contributed by atoms with Gasteiger partial charge >= 0.3 is 0 Å². The first-order valence-corrected chi connectivity index (χ1v) is 8.85. The molecule has 2 amide bonds. The zero-order valence-electron chi connectivity index (χ0n) is 14.6. The number of carbonyl (C=O) groups excluding carboxylic acids is 2. The number of nitrogens with zero attached hydrogens (tertiary/aromatic N) is 1. The first-order valence-electron chi connectivity index (χ1n) is 8.85. The minimum absolute atomic E-state index is 0.0858. The van der Waals surface area contributed by atoms with Crippen LogP contribution in [0.1, 0.15) is 23.2 Å². The van der Waals surface area contributed by atoms with E-state index in [9.17, 15) is 14.0 Å². The van der Waals surface area contributed by atoms with Gasteiger partial charge in [-0.1, -0.05) is 6.07 Å². The molecule has 0 spiro atoms. The van der Waals surface area contributed by atoms with Crippen molar-refractivity contribution in [2.24, 2.45) is 5.92 Å². The summed E-state index contributed by atoms with van der Waals surface area (Å²) in [6.07, 6.45) is 1.13. The van der Waals surface area contributed by atoms with Gasteiger partial charge in [0.25, 0.3) is 5.91 Å². The first-order chi connectivity index (χ1) is 13.1. The summed E-state index contributed by atoms with van der Waals surface area (Å²) in [5.41, 5.74) is 0.987. The summed E-state index contributed by atoms with van der Waals surface area (Å²) in [5.74, 6) is 0.392. The average Bonchev–Trinajstić information content (AvgIpc) is 3.15. The van der Waals surface area contributed by atoms with Crippen LogP contribution >= 0.6 is 0 Å². The summed E-state index contributed by atoms with van der Waals surface area (Å²) in [7, 11) is 0. The molecule has 2 aliphatic heterocycles. The van der Waals surface area contributed by atoms with Crippen molar-refractivity contribution in [2.75, 3.05) is 25.2 Å². The van der Waals surface area contributed by atoms with Gasteiger partial charge in [-0.3, -0.25) is 9.59 Å². The van der Waals surface area contributed by atoms with Crippen LogP contribution in [-0.4, -0.2) is 36.6 Å². The number of amides is 2. The fourth-order valence-corrected chi connectivity index (χ4v) is 3.37. The Kier molecular flexibility index (Phi) is 4.66. The maximum atomic E-state index is 13.2. The van der Waals surface area contributed by atoms with Gasteiger partial charge in [0.2, 0.25) is 12.7 Å². The van der Waals surface area contributed by atoms with E-state index in [1.165, 1.54) is 12.1 Å². The largest absolute Gasteiger partial charge is 0.454 e. The molecule has 0 unspecified atom stereocenters. The molecule has 27 heavy (non-hydrogen) atoms. The molecule has 0 atom stereocenters. The highest BCUT2D eigenvalue weighted by atomic mass is 19.1. The molecule has 6 nitrogen and oxygen atoms in total. The molecule has 0 radical (unpaired) electrons. The lowest BCUT2D eigenvalue weighted by molar-refractivity contribution is -0.121. The predicted molar refractivity (Wildman–Crippen MR) is 96.2 cm³/mol. The van der Waals surface area contributed by atoms with E-state index in [1.807, 2.05) is 0 Å². The van der Waals surface area contributed by atoms with E-state index in [2.05, 4.69) is 5.32 Å². The first kappa shape index (κ1) is 17.3. The molecule has 2 aliphatic rings. The number of halogens is 1. The zero-order valence-corrected chi connectivity index (χ0v) is 14.6. The van der Waals surface area contributed by atoms with Gasteiger partial charge in [-0.05, 0) is 49.2 Å². The number of hydrogen-bond acceptors (Lipinski definition) is 4. The molecule has 2 heterocycles. The van der Waals surface area contributed by atoms with Crippen LogP contribution in [-0.2, 0) is 4.79 Å². The van der Waals surface area contributed by atoms with Crippen molar-refractivity contribution >= 4 is 17.5 Å². The van der Waals surface area contributed by atoms with Gasteiger partial charge in [-0.25, -0.2) is 4.39 Å². The van der Waals surface area contributed by atoms with Crippen LogP contribution in [0.4, 0.5) is 10.1 Å². The summed E-state index contributed by atoms with van der Waals surface area (Å²) in [4.78, 5) is 26.8. The van der Waals surface area contributed by atoms with Gasteiger partial charge in [0, 0.05) is 30.3 Å². The highest BCUT2D eigenvalue weighted by Crippen LogP contribution is 2.33. The third-order valence-corrected chi connectivity index (χ3v) is 4.86. The molecular weight excluding hydrogens is 351 g/mol. The topological polar surface area (TPSA) is 67.9 Å². The van der Waals surface area contributed by atoms with Crippen molar-refractivity contribution in [1.29, 1.82) is 0 Å². The van der Waals surface area contributed by atoms with E-state index in [1.54, 1.807) is 35.2 Å². The molecule has 1 N–H and O–H groups in total. The van der Waals surface area contributed by atoms with Crippen LogP contribution in [0.15, 0.2) is 42.5 Å². The van der Waals surface area contributed by atoms with Crippen LogP contribution in [0.3, 0.4) is 0 Å². The van der Waals surface area contributed by atoms with Gasteiger partial charge in [-0.2, -0.15) is 0 Å². The fraction of sp³-hybridized carbons (Fsp3) is 0.300. The Balaban J connectivity index is 1.34. The lowest BCUT2D eigenvalue weighted by Gasteiger charge is -2.31. The lowest BCUT2D eigenvalue weighted by atomic mass is 9.95. The molecule has 4 rings (SSSR count). The number of anilines is 1. The Morgan fingerprint density at radius 1 is 1.04 bits per heavy atom. The fourth-order valence-electron chi connectivity index (χ4n) is 3.37. The summed E-state index contributed by atoms with van der Waals surface area (Å²) < 4.78 is 23.8. The molecule has 140 valence electrons. The summed E-state index contributed by atoms with van der Waals surface area (Å²) in [6, 6.07) is 11.0. The summed E-state index contributed by atoms with van der Waals surface area (Å²) in [6.45, 7) is 1.15. The Morgan fingerprint density at radius 2 is 1.81 bits per heavy atom. The molecule has 0 bridgehead atoms. The van der Waals surface area contributed by atoms with Crippen molar-refractivity contribution in [3.05, 3.63) is 53.8 Å². The second-order valence-electron chi connectivity index (χ2n) is 6.63. The van der Waals surface area contributed by atoms with Gasteiger partial charge in [0.1, 0.15) is 5.82 Å². The van der Waals surface area contributed by atoms with E-state index in [0.29, 0.717) is 48.7 Å². The van der Waals surface area contributed by atoms with Crippen LogP contribution in [0.25, 0.3) is 0 Å². The number of carbonyl (C=O) groups is 2. The molecular formula is C20H19FN2O4. The lowest BCUT2D eigenvalue weighted by Crippen LogP contribution is -2.41. The molecule has 7 heteroatoms. The normalized spacial score (nSPS) is 16.3. The molecule has 1 saturated heterocycles. The van der Waals surface area contributed by atoms with Gasteiger partial charge in [-0.15, -0.1) is 0 Å². The van der Waals surface area contributed by atoms with Gasteiger partial charge < -0.3 is 19.7 Å². The number of nitrogens with one attached hydrogen (secondary N) is 1. The Labute approximate surface area is 155 Å². The Hall–Kier alpha value is -3.09. The van der Waals surface area contributed by atoms with Gasteiger partial charge in [0.15, 0.2) is 11.5 Å². The number of fused-ring (bicyclic) bond motifs is 1. The smallest absolute Gasteiger partial charge is 0.253 e. The Bertz CT molecular complexity index is 878. The molecule has 0 aliphatic carbocycles. The monoisotopic (exact) mass is 370 g/mol. The Morgan fingerprint density at radius 3 is 2.59 bits per heavy atom. The third kappa shape index (κ3) is 3.72. The minimum atomic E-state index is -0.392. The van der Waals surface area contributed by atoms with E-state index in [4.69, 9.17) is 9.47 Å². The van der Waals surface area contributed by atoms with Crippen molar-refractivity contribution in [3.8, 4) is 11.5 Å². The average molecular weight is 370 g/mol. The van der Waals surface area contributed by atoms with Crippen LogP contribution < -0.4 is 14.8 Å². The van der Waals surface area contributed by atoms with Crippen LogP contribution in [0.2, 0.25) is 0 Å². The second-order valence-corrected chi connectivity index (χ2v) is 6.63. The molecule has 2 aromatic carbocycles. The molecule has 0 saturated carbocycles. The third-order valence-electron chi connectivity index (χ3n) is 4.86. The number of benzene rings is 2. The highest BCUT2D eigenvalue weighted by molar-refractivity contribution is 5.96. The number of hydrogen-bond donors (Lipinski definition) is 1. The number of rotatable bonds is 3. The molecule has 2 aromatic rings. The SMILES string of the molecule is O=C(Nc1cccc(F)c1)C1CCN(C(=O)c2ccc3c(c2)OCO3)CC1. The second kappa shape index (κ2) is 7.26. The van der Waals surface area contributed by atoms with Crippen LogP contribution in [0, 0.1) is 11.7 Å². The molecule has 0 aromatic heterocycles. The number of ether oxygens (including phenoxy) is 2. The van der Waals surface area contributed by atoms with E-state index >= 15 is 0 Å². The maximum absolute atomic E-state index is 13.2. The number of likely N-dealkylation sites (tertiary alicyclic amines) is 1. The van der Waals surface area contributed by atoms with Crippen molar-refractivity contribution in [3.63, 3.8) is 0 Å². The quantitative estimate of drug-likeness (QED) is 0.902. The van der Waals surface area contributed by atoms with Crippen molar-refractivity contribution in [2.45, 2.75) is 12.8 Å². The van der Waals surface area contributed by atoms with E-state index in [-0.39, 0.29) is 24.5 Å².